The molecule has 110 valence electrons. The molecule has 0 unspecified atom stereocenters. The topological polar surface area (TPSA) is 55.1 Å². The van der Waals surface area contributed by atoms with Crippen molar-refractivity contribution in [3.8, 4) is 0 Å². The number of hydrogen-bond donors (Lipinski definition) is 2. The van der Waals surface area contributed by atoms with Gasteiger partial charge in [-0.1, -0.05) is 46.4 Å². The summed E-state index contributed by atoms with van der Waals surface area (Å²) in [6, 6.07) is 5.21. The van der Waals surface area contributed by atoms with Crippen LogP contribution in [0.3, 0.4) is 0 Å². The van der Waals surface area contributed by atoms with E-state index in [0.29, 0.717) is 0 Å². The van der Waals surface area contributed by atoms with Crippen LogP contribution in [0.2, 0.25) is 20.1 Å². The number of anilines is 2. The van der Waals surface area contributed by atoms with Gasteiger partial charge in [0.15, 0.2) is 5.82 Å². The molecule has 1 amide bonds. The Kier molecular flexibility index (Phi) is 4.84. The molecule has 0 heterocycles. The van der Waals surface area contributed by atoms with Crippen molar-refractivity contribution in [3.05, 3.63) is 55.7 Å². The first-order valence-corrected chi connectivity index (χ1v) is 7.01. The number of hydrogen-bond acceptors (Lipinski definition) is 2. The summed E-state index contributed by atoms with van der Waals surface area (Å²) in [5.74, 6) is -1.27. The quantitative estimate of drug-likeness (QED) is 0.560. The number of benzene rings is 2. The molecule has 3 nitrogen and oxygen atoms in total. The Balaban J connectivity index is 2.30. The van der Waals surface area contributed by atoms with E-state index in [1.807, 2.05) is 0 Å². The van der Waals surface area contributed by atoms with Gasteiger partial charge in [0.05, 0.1) is 25.8 Å². The van der Waals surface area contributed by atoms with E-state index in [-0.39, 0.29) is 37.0 Å². The van der Waals surface area contributed by atoms with Crippen molar-refractivity contribution in [1.82, 2.24) is 0 Å². The van der Waals surface area contributed by atoms with E-state index in [0.717, 1.165) is 0 Å². The SMILES string of the molecule is Nc1cc(C(=O)Nc2cc(Cl)c(F)c(Cl)c2)cc(Cl)c1Cl. The summed E-state index contributed by atoms with van der Waals surface area (Å²) in [4.78, 5) is 12.1. The van der Waals surface area contributed by atoms with Crippen LogP contribution >= 0.6 is 46.4 Å². The van der Waals surface area contributed by atoms with Crippen LogP contribution in [0.1, 0.15) is 10.4 Å². The van der Waals surface area contributed by atoms with Crippen LogP contribution in [0.25, 0.3) is 0 Å². The van der Waals surface area contributed by atoms with Gasteiger partial charge in [0, 0.05) is 11.3 Å². The minimum absolute atomic E-state index is 0.150. The van der Waals surface area contributed by atoms with Gasteiger partial charge in [-0.2, -0.15) is 0 Å². The van der Waals surface area contributed by atoms with Gasteiger partial charge in [-0.25, -0.2) is 4.39 Å². The van der Waals surface area contributed by atoms with Crippen molar-refractivity contribution in [2.75, 3.05) is 11.1 Å². The third-order valence-electron chi connectivity index (χ3n) is 2.56. The van der Waals surface area contributed by atoms with Gasteiger partial charge in [-0.15, -0.1) is 0 Å². The smallest absolute Gasteiger partial charge is 0.255 e. The fourth-order valence-electron chi connectivity index (χ4n) is 1.57. The summed E-state index contributed by atoms with van der Waals surface area (Å²) >= 11 is 23.0. The molecule has 0 saturated carbocycles. The lowest BCUT2D eigenvalue weighted by Gasteiger charge is -2.09. The summed E-state index contributed by atoms with van der Waals surface area (Å²) in [6.45, 7) is 0. The Bertz CT molecular complexity index is 690. The van der Waals surface area contributed by atoms with Gasteiger partial charge in [-0.3, -0.25) is 4.79 Å². The van der Waals surface area contributed by atoms with E-state index in [4.69, 9.17) is 52.1 Å². The first kappa shape index (κ1) is 16.2. The van der Waals surface area contributed by atoms with Crippen molar-refractivity contribution < 1.29 is 9.18 Å². The van der Waals surface area contributed by atoms with Crippen molar-refractivity contribution in [2.24, 2.45) is 0 Å². The van der Waals surface area contributed by atoms with Gasteiger partial charge >= 0.3 is 0 Å². The fourth-order valence-corrected chi connectivity index (χ4v) is 2.40. The van der Waals surface area contributed by atoms with E-state index >= 15 is 0 Å². The summed E-state index contributed by atoms with van der Waals surface area (Å²) in [5, 5.41) is 2.42. The van der Waals surface area contributed by atoms with Gasteiger partial charge in [-0.05, 0) is 24.3 Å². The van der Waals surface area contributed by atoms with Gasteiger partial charge in [0.2, 0.25) is 0 Å². The second-order valence-electron chi connectivity index (χ2n) is 4.07. The van der Waals surface area contributed by atoms with E-state index in [1.165, 1.54) is 24.3 Å². The number of amides is 1. The molecule has 8 heteroatoms. The Morgan fingerprint density at radius 1 is 1.00 bits per heavy atom. The summed E-state index contributed by atoms with van der Waals surface area (Å²) in [7, 11) is 0. The second kappa shape index (κ2) is 6.28. The molecule has 0 spiro atoms. The normalized spacial score (nSPS) is 10.5. The van der Waals surface area contributed by atoms with Crippen LogP contribution in [0.15, 0.2) is 24.3 Å². The zero-order valence-electron chi connectivity index (χ0n) is 10.2. The highest BCUT2D eigenvalue weighted by atomic mass is 35.5. The largest absolute Gasteiger partial charge is 0.397 e. The molecular formula is C13H7Cl4FN2O. The summed E-state index contributed by atoms with van der Waals surface area (Å²) in [6.07, 6.45) is 0. The molecule has 0 fully saturated rings. The first-order valence-electron chi connectivity index (χ1n) is 5.50. The van der Waals surface area contributed by atoms with Gasteiger partial charge in [0.1, 0.15) is 0 Å². The number of nitrogen functional groups attached to an aromatic ring is 1. The number of halogens is 5. The monoisotopic (exact) mass is 366 g/mol. The molecule has 0 radical (unpaired) electrons. The molecule has 2 aromatic rings. The molecule has 2 aromatic carbocycles. The highest BCUT2D eigenvalue weighted by Gasteiger charge is 2.13. The van der Waals surface area contributed by atoms with Crippen molar-refractivity contribution >= 4 is 63.7 Å². The van der Waals surface area contributed by atoms with Crippen LogP contribution in [-0.4, -0.2) is 5.91 Å². The van der Waals surface area contributed by atoms with Crippen LogP contribution in [0.5, 0.6) is 0 Å². The van der Waals surface area contributed by atoms with E-state index in [2.05, 4.69) is 5.32 Å². The average molecular weight is 368 g/mol. The standard InChI is InChI=1S/C13H7Cl4FN2O/c14-7-1-5(2-10(19)11(7)17)13(21)20-6-3-8(15)12(18)9(16)4-6/h1-4H,19H2,(H,20,21). The maximum Gasteiger partial charge on any atom is 0.255 e. The minimum Gasteiger partial charge on any atom is -0.397 e. The lowest BCUT2D eigenvalue weighted by molar-refractivity contribution is 0.102. The first-order chi connectivity index (χ1) is 9.79. The zero-order chi connectivity index (χ0) is 15.7. The molecule has 0 aromatic heterocycles. The highest BCUT2D eigenvalue weighted by Crippen LogP contribution is 2.31. The summed E-state index contributed by atoms with van der Waals surface area (Å²) < 4.78 is 13.3. The molecule has 0 saturated heterocycles. The third kappa shape index (κ3) is 3.52. The molecule has 0 aliphatic carbocycles. The number of carbonyl (C=O) groups is 1. The van der Waals surface area contributed by atoms with Crippen LogP contribution < -0.4 is 11.1 Å². The number of nitrogens with one attached hydrogen (secondary N) is 1. The fraction of sp³-hybridized carbons (Fsp3) is 0. The van der Waals surface area contributed by atoms with E-state index in [1.54, 1.807) is 0 Å². The number of nitrogens with two attached hydrogens (primary N) is 1. The molecule has 0 bridgehead atoms. The van der Waals surface area contributed by atoms with E-state index < -0.39 is 11.7 Å². The minimum atomic E-state index is -0.755. The Morgan fingerprint density at radius 2 is 1.57 bits per heavy atom. The van der Waals surface area contributed by atoms with Crippen LogP contribution in [0, 0.1) is 5.82 Å². The lowest BCUT2D eigenvalue weighted by atomic mass is 10.2. The van der Waals surface area contributed by atoms with Gasteiger partial charge < -0.3 is 11.1 Å². The predicted molar refractivity (Wildman–Crippen MR) is 85.2 cm³/mol. The second-order valence-corrected chi connectivity index (χ2v) is 5.67. The predicted octanol–water partition coefficient (Wildman–Crippen LogP) is 5.27. The molecule has 0 aliphatic rings. The van der Waals surface area contributed by atoms with Gasteiger partial charge in [0.25, 0.3) is 5.91 Å². The molecule has 0 atom stereocenters. The lowest BCUT2D eigenvalue weighted by Crippen LogP contribution is -2.12. The summed E-state index contributed by atoms with van der Waals surface area (Å²) in [5.41, 5.74) is 6.23. The molecule has 0 aliphatic heterocycles. The number of carbonyl (C=O) groups excluding carboxylic acids is 1. The van der Waals surface area contributed by atoms with E-state index in [9.17, 15) is 9.18 Å². The number of rotatable bonds is 2. The third-order valence-corrected chi connectivity index (χ3v) is 3.93. The van der Waals surface area contributed by atoms with Crippen molar-refractivity contribution in [2.45, 2.75) is 0 Å². The Hall–Kier alpha value is -1.20. The van der Waals surface area contributed by atoms with Crippen LogP contribution in [-0.2, 0) is 0 Å². The van der Waals surface area contributed by atoms with Crippen molar-refractivity contribution in [3.63, 3.8) is 0 Å². The van der Waals surface area contributed by atoms with Crippen molar-refractivity contribution in [1.29, 1.82) is 0 Å². The Labute approximate surface area is 139 Å². The Morgan fingerprint density at radius 3 is 2.10 bits per heavy atom. The zero-order valence-corrected chi connectivity index (χ0v) is 13.2. The molecule has 2 rings (SSSR count). The average Bonchev–Trinajstić information content (AvgIpc) is 2.41. The molecule has 3 N–H and O–H groups in total. The maximum atomic E-state index is 13.3. The highest BCUT2D eigenvalue weighted by molar-refractivity contribution is 6.44. The maximum absolute atomic E-state index is 13.3. The van der Waals surface area contributed by atoms with Crippen LogP contribution in [0.4, 0.5) is 15.8 Å². The molecular weight excluding hydrogens is 361 g/mol. The molecule has 21 heavy (non-hydrogen) atoms.